The molecule has 0 spiro atoms. The number of halogens is 1. The molecule has 0 saturated carbocycles. The number of sulfone groups is 1. The molecule has 0 amide bonds. The second kappa shape index (κ2) is 10.4. The molecule has 0 aliphatic carbocycles. The Balaban J connectivity index is 0.00000576. The molecular weight excluding hydrogens is 449 g/mol. The van der Waals surface area contributed by atoms with Gasteiger partial charge in [0.25, 0.3) is 0 Å². The number of guanidine groups is 1. The van der Waals surface area contributed by atoms with Crippen LogP contribution in [0.2, 0.25) is 0 Å². The summed E-state index contributed by atoms with van der Waals surface area (Å²) >= 11 is 0. The average Bonchev–Trinajstić information content (AvgIpc) is 2.52. The summed E-state index contributed by atoms with van der Waals surface area (Å²) < 4.78 is 24.9. The molecule has 1 atom stereocenters. The highest BCUT2D eigenvalue weighted by Crippen LogP contribution is 2.23. The predicted octanol–water partition coefficient (Wildman–Crippen LogP) is 3.34. The van der Waals surface area contributed by atoms with E-state index in [0.29, 0.717) is 17.4 Å². The van der Waals surface area contributed by atoms with Crippen LogP contribution in [0.1, 0.15) is 46.6 Å². The zero-order valence-corrected chi connectivity index (χ0v) is 19.2. The molecule has 1 aromatic carbocycles. The number of hydrogen-bond acceptors (Lipinski definition) is 3. The Morgan fingerprint density at radius 1 is 1.20 bits per heavy atom. The third-order valence-electron chi connectivity index (χ3n) is 3.96. The number of rotatable bonds is 6. The molecule has 0 radical (unpaired) electrons. The number of hydrogen-bond donors (Lipinski definition) is 2. The van der Waals surface area contributed by atoms with Gasteiger partial charge in [0.15, 0.2) is 15.8 Å². The Labute approximate surface area is 170 Å². The molecule has 0 saturated heterocycles. The predicted molar refractivity (Wildman–Crippen MR) is 117 cm³/mol. The normalized spacial score (nSPS) is 13.8. The molecule has 0 aliphatic heterocycles. The van der Waals surface area contributed by atoms with Gasteiger partial charge in [0.05, 0.1) is 10.6 Å². The largest absolute Gasteiger partial charge is 0.355 e. The fraction of sp³-hybridized carbons (Fsp3) is 0.611. The summed E-state index contributed by atoms with van der Waals surface area (Å²) in [5, 5.41) is 6.27. The van der Waals surface area contributed by atoms with Crippen LogP contribution in [-0.2, 0) is 15.3 Å². The first kappa shape index (κ1) is 24.2. The first-order valence-corrected chi connectivity index (χ1v) is 10.1. The van der Waals surface area contributed by atoms with Crippen molar-refractivity contribution in [1.82, 2.24) is 10.6 Å². The summed E-state index contributed by atoms with van der Waals surface area (Å²) in [5.74, 6) is 0.658. The SMILES string of the molecule is CCC(C)NC(=NC)NCCS(=O)(=O)c1ccc(C(C)(C)C)cc1.I. The maximum absolute atomic E-state index is 12.4. The summed E-state index contributed by atoms with van der Waals surface area (Å²) in [6.45, 7) is 10.8. The molecule has 0 aromatic heterocycles. The van der Waals surface area contributed by atoms with E-state index in [0.717, 1.165) is 12.0 Å². The van der Waals surface area contributed by atoms with Crippen LogP contribution in [0.4, 0.5) is 0 Å². The minimum absolute atomic E-state index is 0. The lowest BCUT2D eigenvalue weighted by atomic mass is 9.87. The fourth-order valence-corrected chi connectivity index (χ4v) is 3.27. The molecule has 0 aliphatic rings. The van der Waals surface area contributed by atoms with E-state index in [9.17, 15) is 8.42 Å². The van der Waals surface area contributed by atoms with E-state index in [4.69, 9.17) is 0 Å². The molecule has 25 heavy (non-hydrogen) atoms. The first-order chi connectivity index (χ1) is 11.1. The molecule has 5 nitrogen and oxygen atoms in total. The van der Waals surface area contributed by atoms with Crippen LogP contribution in [0.15, 0.2) is 34.2 Å². The Hall–Kier alpha value is -0.830. The van der Waals surface area contributed by atoms with Crippen molar-refractivity contribution in [3.05, 3.63) is 29.8 Å². The van der Waals surface area contributed by atoms with Crippen molar-refractivity contribution in [3.8, 4) is 0 Å². The second-order valence-electron chi connectivity index (χ2n) is 7.05. The molecule has 1 aromatic rings. The highest BCUT2D eigenvalue weighted by atomic mass is 127. The van der Waals surface area contributed by atoms with E-state index in [-0.39, 0.29) is 41.2 Å². The Bertz CT molecular complexity index is 650. The number of nitrogens with zero attached hydrogens (tertiary/aromatic N) is 1. The van der Waals surface area contributed by atoms with Gasteiger partial charge in [-0.05, 0) is 36.5 Å². The van der Waals surface area contributed by atoms with E-state index in [1.165, 1.54) is 0 Å². The highest BCUT2D eigenvalue weighted by molar-refractivity contribution is 14.0. The lowest BCUT2D eigenvalue weighted by Gasteiger charge is -2.19. The van der Waals surface area contributed by atoms with Gasteiger partial charge in [0.1, 0.15) is 0 Å². The summed E-state index contributed by atoms with van der Waals surface area (Å²) in [5.41, 5.74) is 1.13. The zero-order valence-electron chi connectivity index (χ0n) is 16.1. The molecule has 0 bridgehead atoms. The summed E-state index contributed by atoms with van der Waals surface area (Å²) in [4.78, 5) is 4.47. The molecule has 7 heteroatoms. The van der Waals surface area contributed by atoms with E-state index < -0.39 is 9.84 Å². The van der Waals surface area contributed by atoms with Crippen molar-refractivity contribution in [1.29, 1.82) is 0 Å². The molecule has 0 heterocycles. The monoisotopic (exact) mass is 481 g/mol. The minimum Gasteiger partial charge on any atom is -0.355 e. The van der Waals surface area contributed by atoms with Crippen LogP contribution in [0.3, 0.4) is 0 Å². The quantitative estimate of drug-likeness (QED) is 0.372. The van der Waals surface area contributed by atoms with Gasteiger partial charge in [-0.3, -0.25) is 4.99 Å². The van der Waals surface area contributed by atoms with Gasteiger partial charge in [-0.25, -0.2) is 8.42 Å². The first-order valence-electron chi connectivity index (χ1n) is 8.40. The van der Waals surface area contributed by atoms with Crippen molar-refractivity contribution in [3.63, 3.8) is 0 Å². The van der Waals surface area contributed by atoms with Crippen LogP contribution >= 0.6 is 24.0 Å². The zero-order chi connectivity index (χ0) is 18.4. The summed E-state index contributed by atoms with van der Waals surface area (Å²) in [6.07, 6.45) is 0.971. The topological polar surface area (TPSA) is 70.6 Å². The van der Waals surface area contributed by atoms with E-state index in [1.807, 2.05) is 12.1 Å². The number of nitrogens with one attached hydrogen (secondary N) is 2. The Kier molecular flexibility index (Phi) is 10.0. The molecular formula is C18H32IN3O2S. The van der Waals surface area contributed by atoms with Crippen LogP contribution in [0, 0.1) is 0 Å². The van der Waals surface area contributed by atoms with Gasteiger partial charge in [-0.1, -0.05) is 39.8 Å². The molecule has 1 unspecified atom stereocenters. The Morgan fingerprint density at radius 3 is 2.20 bits per heavy atom. The summed E-state index contributed by atoms with van der Waals surface area (Å²) in [7, 11) is -1.63. The Morgan fingerprint density at radius 2 is 1.76 bits per heavy atom. The van der Waals surface area contributed by atoms with Gasteiger partial charge in [-0.2, -0.15) is 0 Å². The number of aliphatic imine (C=N–C) groups is 1. The standard InChI is InChI=1S/C18H31N3O2S.HI/c1-7-14(2)21-17(19-6)20-12-13-24(22,23)16-10-8-15(9-11-16)18(3,4)5;/h8-11,14H,7,12-13H2,1-6H3,(H2,19,20,21);1H. The maximum atomic E-state index is 12.4. The van der Waals surface area contributed by atoms with Crippen molar-refractivity contribution in [2.75, 3.05) is 19.3 Å². The van der Waals surface area contributed by atoms with Crippen LogP contribution < -0.4 is 10.6 Å². The molecule has 0 fully saturated rings. The molecule has 144 valence electrons. The van der Waals surface area contributed by atoms with Gasteiger partial charge in [-0.15, -0.1) is 24.0 Å². The third-order valence-corrected chi connectivity index (χ3v) is 5.69. The lowest BCUT2D eigenvalue weighted by molar-refractivity contribution is 0.585. The van der Waals surface area contributed by atoms with Crippen LogP contribution in [0.25, 0.3) is 0 Å². The van der Waals surface area contributed by atoms with E-state index in [2.05, 4.69) is 50.2 Å². The van der Waals surface area contributed by atoms with Crippen molar-refractivity contribution < 1.29 is 8.42 Å². The fourth-order valence-electron chi connectivity index (χ4n) is 2.11. The van der Waals surface area contributed by atoms with E-state index >= 15 is 0 Å². The highest BCUT2D eigenvalue weighted by Gasteiger charge is 2.17. The van der Waals surface area contributed by atoms with Gasteiger partial charge < -0.3 is 10.6 Å². The number of benzene rings is 1. The minimum atomic E-state index is -3.31. The van der Waals surface area contributed by atoms with Gasteiger partial charge >= 0.3 is 0 Å². The van der Waals surface area contributed by atoms with Gasteiger partial charge in [0.2, 0.25) is 0 Å². The van der Waals surface area contributed by atoms with Crippen molar-refractivity contribution in [2.24, 2.45) is 4.99 Å². The van der Waals surface area contributed by atoms with E-state index in [1.54, 1.807) is 19.2 Å². The van der Waals surface area contributed by atoms with Crippen LogP contribution in [-0.4, -0.2) is 39.8 Å². The third kappa shape index (κ3) is 7.94. The van der Waals surface area contributed by atoms with Crippen LogP contribution in [0.5, 0.6) is 0 Å². The molecule has 1 rings (SSSR count). The maximum Gasteiger partial charge on any atom is 0.191 e. The lowest BCUT2D eigenvalue weighted by Crippen LogP contribution is -2.43. The summed E-state index contributed by atoms with van der Waals surface area (Å²) in [6, 6.07) is 7.47. The second-order valence-corrected chi connectivity index (χ2v) is 9.16. The molecule has 2 N–H and O–H groups in total. The van der Waals surface area contributed by atoms with Crippen molar-refractivity contribution >= 4 is 39.8 Å². The van der Waals surface area contributed by atoms with Gasteiger partial charge in [0, 0.05) is 19.6 Å². The average molecular weight is 481 g/mol. The smallest absolute Gasteiger partial charge is 0.191 e. The van der Waals surface area contributed by atoms with Crippen molar-refractivity contribution in [2.45, 2.75) is 57.4 Å².